The molecule has 1 amide bonds. The third-order valence-corrected chi connectivity index (χ3v) is 5.17. The summed E-state index contributed by atoms with van der Waals surface area (Å²) < 4.78 is 16.1. The molecule has 2 aromatic carbocycles. The highest BCUT2D eigenvalue weighted by Crippen LogP contribution is 2.38. The maximum atomic E-state index is 12.8. The number of methoxy groups -OCH3 is 3. The van der Waals surface area contributed by atoms with Crippen LogP contribution in [0.1, 0.15) is 11.1 Å². The number of para-hydroxylation sites is 1. The second-order valence-electron chi connectivity index (χ2n) is 6.86. The van der Waals surface area contributed by atoms with E-state index >= 15 is 0 Å². The zero-order chi connectivity index (χ0) is 20.1. The first kappa shape index (κ1) is 19.9. The van der Waals surface area contributed by atoms with Crippen molar-refractivity contribution in [2.45, 2.75) is 13.3 Å². The maximum Gasteiger partial charge on any atom is 0.227 e. The Kier molecular flexibility index (Phi) is 6.29. The van der Waals surface area contributed by atoms with Crippen LogP contribution in [0.2, 0.25) is 0 Å². The molecular formula is C22H28N2O4. The normalized spacial score (nSPS) is 14.0. The van der Waals surface area contributed by atoms with E-state index in [0.717, 1.165) is 31.7 Å². The third-order valence-electron chi connectivity index (χ3n) is 5.17. The van der Waals surface area contributed by atoms with Crippen LogP contribution >= 0.6 is 0 Å². The number of amides is 1. The van der Waals surface area contributed by atoms with Gasteiger partial charge in [-0.1, -0.05) is 18.2 Å². The molecule has 1 fully saturated rings. The van der Waals surface area contributed by atoms with Gasteiger partial charge in [0, 0.05) is 31.9 Å². The highest BCUT2D eigenvalue weighted by molar-refractivity contribution is 5.79. The Labute approximate surface area is 166 Å². The van der Waals surface area contributed by atoms with Crippen LogP contribution in [-0.4, -0.2) is 58.3 Å². The number of aryl methyl sites for hydroxylation is 1. The number of carbonyl (C=O) groups excluding carboxylic acids is 1. The standard InChI is InChI=1S/C22H28N2O4/c1-16-7-5-6-8-18(16)23-9-11-24(12-10-23)21(25)15-17-13-19(26-2)22(28-4)20(14-17)27-3/h5-8,13-14H,9-12,15H2,1-4H3. The molecule has 0 unspecified atom stereocenters. The smallest absolute Gasteiger partial charge is 0.227 e. The molecule has 0 bridgehead atoms. The van der Waals surface area contributed by atoms with Gasteiger partial charge in [0.15, 0.2) is 11.5 Å². The molecule has 2 aromatic rings. The van der Waals surface area contributed by atoms with E-state index < -0.39 is 0 Å². The van der Waals surface area contributed by atoms with Gasteiger partial charge in [0.2, 0.25) is 11.7 Å². The lowest BCUT2D eigenvalue weighted by atomic mass is 10.1. The van der Waals surface area contributed by atoms with Crippen LogP contribution in [-0.2, 0) is 11.2 Å². The molecule has 0 N–H and O–H groups in total. The molecule has 0 spiro atoms. The Hall–Kier alpha value is -2.89. The minimum atomic E-state index is 0.110. The Morgan fingerprint density at radius 1 is 0.929 bits per heavy atom. The van der Waals surface area contributed by atoms with E-state index in [4.69, 9.17) is 14.2 Å². The summed E-state index contributed by atoms with van der Waals surface area (Å²) in [6.07, 6.45) is 0.307. The topological polar surface area (TPSA) is 51.2 Å². The van der Waals surface area contributed by atoms with Crippen LogP contribution in [0.5, 0.6) is 17.2 Å². The lowest BCUT2D eigenvalue weighted by Gasteiger charge is -2.37. The molecule has 1 heterocycles. The summed E-state index contributed by atoms with van der Waals surface area (Å²) in [5, 5.41) is 0. The Morgan fingerprint density at radius 3 is 2.07 bits per heavy atom. The van der Waals surface area contributed by atoms with E-state index in [2.05, 4.69) is 36.1 Å². The first-order valence-electron chi connectivity index (χ1n) is 9.44. The second kappa shape index (κ2) is 8.87. The molecule has 0 saturated carbocycles. The number of rotatable bonds is 6. The van der Waals surface area contributed by atoms with Crippen LogP contribution in [0, 0.1) is 6.92 Å². The number of anilines is 1. The van der Waals surface area contributed by atoms with E-state index in [1.54, 1.807) is 21.3 Å². The molecule has 3 rings (SSSR count). The van der Waals surface area contributed by atoms with Crippen molar-refractivity contribution in [2.75, 3.05) is 52.4 Å². The fourth-order valence-corrected chi connectivity index (χ4v) is 3.64. The molecule has 0 aliphatic carbocycles. The summed E-state index contributed by atoms with van der Waals surface area (Å²) >= 11 is 0. The minimum absolute atomic E-state index is 0.110. The first-order valence-corrected chi connectivity index (χ1v) is 9.44. The summed E-state index contributed by atoms with van der Waals surface area (Å²) in [7, 11) is 4.72. The van der Waals surface area contributed by atoms with Crippen molar-refractivity contribution >= 4 is 11.6 Å². The van der Waals surface area contributed by atoms with Crippen LogP contribution in [0.25, 0.3) is 0 Å². The number of hydrogen-bond donors (Lipinski definition) is 0. The third kappa shape index (κ3) is 4.16. The summed E-state index contributed by atoms with van der Waals surface area (Å²) in [5.74, 6) is 1.77. The molecule has 0 aromatic heterocycles. The number of nitrogens with zero attached hydrogens (tertiary/aromatic N) is 2. The maximum absolute atomic E-state index is 12.8. The van der Waals surface area contributed by atoms with Gasteiger partial charge in [0.05, 0.1) is 27.8 Å². The molecule has 1 saturated heterocycles. The first-order chi connectivity index (χ1) is 13.6. The number of benzene rings is 2. The van der Waals surface area contributed by atoms with Crippen molar-refractivity contribution in [1.29, 1.82) is 0 Å². The summed E-state index contributed by atoms with van der Waals surface area (Å²) in [6, 6.07) is 12.0. The molecule has 6 nitrogen and oxygen atoms in total. The Morgan fingerprint density at radius 2 is 1.54 bits per heavy atom. The van der Waals surface area contributed by atoms with Crippen molar-refractivity contribution < 1.29 is 19.0 Å². The van der Waals surface area contributed by atoms with Crippen LogP contribution < -0.4 is 19.1 Å². The van der Waals surface area contributed by atoms with E-state index in [1.165, 1.54) is 11.3 Å². The van der Waals surface area contributed by atoms with Gasteiger partial charge in [-0.3, -0.25) is 4.79 Å². The molecule has 1 aliphatic rings. The monoisotopic (exact) mass is 384 g/mol. The molecule has 6 heteroatoms. The van der Waals surface area contributed by atoms with Gasteiger partial charge in [-0.05, 0) is 36.2 Å². The van der Waals surface area contributed by atoms with E-state index in [-0.39, 0.29) is 5.91 Å². The van der Waals surface area contributed by atoms with Gasteiger partial charge in [-0.2, -0.15) is 0 Å². The van der Waals surface area contributed by atoms with E-state index in [9.17, 15) is 4.79 Å². The molecule has 0 radical (unpaired) electrons. The highest BCUT2D eigenvalue weighted by Gasteiger charge is 2.23. The van der Waals surface area contributed by atoms with Gasteiger partial charge >= 0.3 is 0 Å². The zero-order valence-electron chi connectivity index (χ0n) is 17.0. The average molecular weight is 384 g/mol. The van der Waals surface area contributed by atoms with E-state index in [1.807, 2.05) is 17.0 Å². The van der Waals surface area contributed by atoms with Crippen LogP contribution in [0.3, 0.4) is 0 Å². The minimum Gasteiger partial charge on any atom is -0.493 e. The van der Waals surface area contributed by atoms with Gasteiger partial charge < -0.3 is 24.0 Å². The molecular weight excluding hydrogens is 356 g/mol. The van der Waals surface area contributed by atoms with Gasteiger partial charge in [-0.15, -0.1) is 0 Å². The zero-order valence-corrected chi connectivity index (χ0v) is 17.0. The quantitative estimate of drug-likeness (QED) is 0.767. The van der Waals surface area contributed by atoms with Crippen LogP contribution in [0.4, 0.5) is 5.69 Å². The lowest BCUT2D eigenvalue weighted by molar-refractivity contribution is -0.130. The lowest BCUT2D eigenvalue weighted by Crippen LogP contribution is -2.49. The summed E-state index contributed by atoms with van der Waals surface area (Å²) in [4.78, 5) is 17.1. The van der Waals surface area contributed by atoms with Crippen molar-refractivity contribution in [1.82, 2.24) is 4.90 Å². The number of piperazine rings is 1. The van der Waals surface area contributed by atoms with E-state index in [0.29, 0.717) is 23.7 Å². The largest absolute Gasteiger partial charge is 0.493 e. The predicted octanol–water partition coefficient (Wildman–Crippen LogP) is 2.91. The SMILES string of the molecule is COc1cc(CC(=O)N2CCN(c3ccccc3C)CC2)cc(OC)c1OC. The molecule has 0 atom stereocenters. The molecule has 1 aliphatic heterocycles. The number of carbonyl (C=O) groups is 1. The van der Waals surface area contributed by atoms with Crippen molar-refractivity contribution in [3.63, 3.8) is 0 Å². The Balaban J connectivity index is 1.66. The van der Waals surface area contributed by atoms with Gasteiger partial charge in [-0.25, -0.2) is 0 Å². The van der Waals surface area contributed by atoms with Gasteiger partial charge in [0.1, 0.15) is 0 Å². The number of ether oxygens (including phenoxy) is 3. The summed E-state index contributed by atoms with van der Waals surface area (Å²) in [5.41, 5.74) is 3.36. The fourth-order valence-electron chi connectivity index (χ4n) is 3.64. The van der Waals surface area contributed by atoms with Crippen molar-refractivity contribution in [3.05, 3.63) is 47.5 Å². The predicted molar refractivity (Wildman–Crippen MR) is 110 cm³/mol. The molecule has 28 heavy (non-hydrogen) atoms. The number of hydrogen-bond acceptors (Lipinski definition) is 5. The van der Waals surface area contributed by atoms with Crippen LogP contribution in [0.15, 0.2) is 36.4 Å². The Bertz CT molecular complexity index is 804. The second-order valence-corrected chi connectivity index (χ2v) is 6.86. The van der Waals surface area contributed by atoms with Gasteiger partial charge in [0.25, 0.3) is 0 Å². The average Bonchev–Trinajstić information content (AvgIpc) is 2.73. The van der Waals surface area contributed by atoms with Crippen molar-refractivity contribution in [2.24, 2.45) is 0 Å². The van der Waals surface area contributed by atoms with Crippen molar-refractivity contribution in [3.8, 4) is 17.2 Å². The fraction of sp³-hybridized carbons (Fsp3) is 0.409. The highest BCUT2D eigenvalue weighted by atomic mass is 16.5. The summed E-state index contributed by atoms with van der Waals surface area (Å²) in [6.45, 7) is 5.24. The molecule has 150 valence electrons.